The average Bonchev–Trinajstić information content (AvgIpc) is 3.00. The van der Waals surface area contributed by atoms with Gasteiger partial charge in [-0.2, -0.15) is 5.10 Å². The van der Waals surface area contributed by atoms with E-state index in [0.29, 0.717) is 15.9 Å². The van der Waals surface area contributed by atoms with Gasteiger partial charge in [-0.25, -0.2) is 4.98 Å². The number of anilines is 1. The number of aromatic amines is 1. The zero-order valence-electron chi connectivity index (χ0n) is 9.52. The molecule has 0 radical (unpaired) electrons. The monoisotopic (exact) mass is 310 g/mol. The van der Waals surface area contributed by atoms with E-state index in [4.69, 9.17) is 28.9 Å². The van der Waals surface area contributed by atoms with Gasteiger partial charge in [-0.15, -0.1) is 11.3 Å². The molecule has 0 aliphatic rings. The quantitative estimate of drug-likeness (QED) is 0.749. The van der Waals surface area contributed by atoms with E-state index in [9.17, 15) is 0 Å². The van der Waals surface area contributed by atoms with E-state index >= 15 is 0 Å². The Balaban J connectivity index is 2.06. The van der Waals surface area contributed by atoms with E-state index in [1.165, 1.54) is 11.3 Å². The highest BCUT2D eigenvalue weighted by Crippen LogP contribution is 2.35. The molecule has 0 aliphatic heterocycles. The van der Waals surface area contributed by atoms with Gasteiger partial charge in [-0.05, 0) is 18.2 Å². The molecule has 19 heavy (non-hydrogen) atoms. The van der Waals surface area contributed by atoms with Gasteiger partial charge in [0.25, 0.3) is 0 Å². The molecule has 96 valence electrons. The maximum Gasteiger partial charge on any atom is 0.129 e. The number of nitrogens with zero attached hydrogens (tertiary/aromatic N) is 2. The first-order valence-corrected chi connectivity index (χ1v) is 6.99. The number of nitrogen functional groups attached to an aromatic ring is 1. The number of aromatic nitrogens is 3. The maximum atomic E-state index is 6.16. The van der Waals surface area contributed by atoms with Crippen molar-refractivity contribution in [1.82, 2.24) is 15.2 Å². The number of nitrogens with one attached hydrogen (secondary N) is 1. The van der Waals surface area contributed by atoms with Crippen molar-refractivity contribution in [2.45, 2.75) is 0 Å². The minimum atomic E-state index is 0.498. The van der Waals surface area contributed by atoms with E-state index in [0.717, 1.165) is 21.8 Å². The topological polar surface area (TPSA) is 67.6 Å². The van der Waals surface area contributed by atoms with Crippen LogP contribution in [0.3, 0.4) is 0 Å². The molecule has 0 atom stereocenters. The Labute approximate surface area is 123 Å². The summed E-state index contributed by atoms with van der Waals surface area (Å²) in [6.07, 6.45) is 1.65. The lowest BCUT2D eigenvalue weighted by Crippen LogP contribution is -1.87. The second-order valence-electron chi connectivity index (χ2n) is 3.86. The number of hydrogen-bond acceptors (Lipinski definition) is 4. The second-order valence-corrected chi connectivity index (χ2v) is 5.56. The third-order valence-corrected chi connectivity index (χ3v) is 4.05. The van der Waals surface area contributed by atoms with E-state index < -0.39 is 0 Å². The smallest absolute Gasteiger partial charge is 0.129 e. The van der Waals surface area contributed by atoms with Crippen LogP contribution >= 0.6 is 34.5 Å². The van der Waals surface area contributed by atoms with Crippen molar-refractivity contribution in [3.8, 4) is 21.8 Å². The predicted octanol–water partition coefficient (Wildman–Crippen LogP) is 4.09. The lowest BCUT2D eigenvalue weighted by atomic mass is 10.2. The number of rotatable bonds is 2. The van der Waals surface area contributed by atoms with E-state index in [1.54, 1.807) is 24.4 Å². The van der Waals surface area contributed by atoms with Crippen LogP contribution in [-0.4, -0.2) is 15.2 Å². The minimum absolute atomic E-state index is 0.498. The fourth-order valence-electron chi connectivity index (χ4n) is 1.68. The Morgan fingerprint density at radius 3 is 2.79 bits per heavy atom. The third-order valence-electron chi connectivity index (χ3n) is 2.61. The molecule has 0 aliphatic carbocycles. The molecule has 0 spiro atoms. The molecule has 0 amide bonds. The summed E-state index contributed by atoms with van der Waals surface area (Å²) in [5.74, 6) is 0.498. The first kappa shape index (κ1) is 12.5. The summed E-state index contributed by atoms with van der Waals surface area (Å²) in [5, 5.41) is 10.5. The highest BCUT2D eigenvalue weighted by atomic mass is 35.5. The Bertz CT molecular complexity index is 735. The minimum Gasteiger partial charge on any atom is -0.383 e. The molecule has 3 N–H and O–H groups in total. The largest absolute Gasteiger partial charge is 0.383 e. The molecule has 0 saturated heterocycles. The van der Waals surface area contributed by atoms with Gasteiger partial charge in [0.1, 0.15) is 10.8 Å². The number of thiazole rings is 1. The molecule has 0 bridgehead atoms. The normalized spacial score (nSPS) is 10.8. The lowest BCUT2D eigenvalue weighted by Gasteiger charge is -2.00. The van der Waals surface area contributed by atoms with Gasteiger partial charge in [-0.1, -0.05) is 23.2 Å². The first-order chi connectivity index (χ1) is 9.15. The van der Waals surface area contributed by atoms with Gasteiger partial charge in [0.05, 0.1) is 22.5 Å². The fourth-order valence-corrected chi connectivity index (χ4v) is 2.91. The van der Waals surface area contributed by atoms with Crippen LogP contribution in [0.4, 0.5) is 5.82 Å². The number of H-pyrrole nitrogens is 1. The number of benzene rings is 1. The zero-order valence-corrected chi connectivity index (χ0v) is 11.9. The lowest BCUT2D eigenvalue weighted by molar-refractivity contribution is 1.10. The molecule has 4 nitrogen and oxygen atoms in total. The Morgan fingerprint density at radius 1 is 1.21 bits per heavy atom. The standard InChI is InChI=1S/C12H8Cl2N4S/c13-6-1-2-9(14)7(3-6)10-5-19-12(17-10)8-4-16-18-11(8)15/h1-5H,(H3,15,16,18). The summed E-state index contributed by atoms with van der Waals surface area (Å²) in [5.41, 5.74) is 8.14. The summed E-state index contributed by atoms with van der Waals surface area (Å²) in [6.45, 7) is 0. The molecule has 2 aromatic heterocycles. The molecule has 2 heterocycles. The maximum absolute atomic E-state index is 6.16. The van der Waals surface area contributed by atoms with Crippen LogP contribution < -0.4 is 5.73 Å². The summed E-state index contributed by atoms with van der Waals surface area (Å²) in [6, 6.07) is 5.29. The van der Waals surface area contributed by atoms with Gasteiger partial charge in [-0.3, -0.25) is 5.10 Å². The van der Waals surface area contributed by atoms with Crippen LogP contribution in [0.25, 0.3) is 21.8 Å². The predicted molar refractivity (Wildman–Crippen MR) is 79.6 cm³/mol. The Kier molecular flexibility index (Phi) is 3.18. The highest BCUT2D eigenvalue weighted by Gasteiger charge is 2.12. The van der Waals surface area contributed by atoms with Gasteiger partial charge >= 0.3 is 0 Å². The van der Waals surface area contributed by atoms with E-state index in [-0.39, 0.29) is 0 Å². The molecule has 0 fully saturated rings. The van der Waals surface area contributed by atoms with Gasteiger partial charge in [0, 0.05) is 16.0 Å². The Morgan fingerprint density at radius 2 is 2.05 bits per heavy atom. The molecule has 7 heteroatoms. The third kappa shape index (κ3) is 2.32. The molecular weight excluding hydrogens is 303 g/mol. The first-order valence-electron chi connectivity index (χ1n) is 5.35. The van der Waals surface area contributed by atoms with Crippen LogP contribution in [0.1, 0.15) is 0 Å². The van der Waals surface area contributed by atoms with Crippen LogP contribution in [-0.2, 0) is 0 Å². The molecule has 3 rings (SSSR count). The molecule has 3 aromatic rings. The van der Waals surface area contributed by atoms with Crippen LogP contribution in [0.5, 0.6) is 0 Å². The van der Waals surface area contributed by atoms with Crippen LogP contribution in [0.2, 0.25) is 10.0 Å². The van der Waals surface area contributed by atoms with Crippen molar-refractivity contribution in [2.75, 3.05) is 5.73 Å². The molecule has 0 unspecified atom stereocenters. The molecular formula is C12H8Cl2N4S. The number of hydrogen-bond donors (Lipinski definition) is 2. The van der Waals surface area contributed by atoms with E-state index in [2.05, 4.69) is 15.2 Å². The highest BCUT2D eigenvalue weighted by molar-refractivity contribution is 7.13. The van der Waals surface area contributed by atoms with Crippen molar-refractivity contribution in [3.63, 3.8) is 0 Å². The second kappa shape index (κ2) is 4.85. The van der Waals surface area contributed by atoms with Crippen LogP contribution in [0.15, 0.2) is 29.8 Å². The number of halogens is 2. The molecule has 0 saturated carbocycles. The zero-order chi connectivity index (χ0) is 13.4. The van der Waals surface area contributed by atoms with Crippen molar-refractivity contribution in [3.05, 3.63) is 39.8 Å². The van der Waals surface area contributed by atoms with Gasteiger partial charge in [0.2, 0.25) is 0 Å². The van der Waals surface area contributed by atoms with Gasteiger partial charge in [0.15, 0.2) is 0 Å². The van der Waals surface area contributed by atoms with Crippen molar-refractivity contribution >= 4 is 40.4 Å². The van der Waals surface area contributed by atoms with Crippen molar-refractivity contribution in [2.24, 2.45) is 0 Å². The van der Waals surface area contributed by atoms with E-state index in [1.807, 2.05) is 5.38 Å². The summed E-state index contributed by atoms with van der Waals surface area (Å²) in [4.78, 5) is 4.52. The summed E-state index contributed by atoms with van der Waals surface area (Å²) in [7, 11) is 0. The van der Waals surface area contributed by atoms with Crippen LogP contribution in [0, 0.1) is 0 Å². The average molecular weight is 311 g/mol. The summed E-state index contributed by atoms with van der Waals surface area (Å²) < 4.78 is 0. The van der Waals surface area contributed by atoms with Crippen molar-refractivity contribution in [1.29, 1.82) is 0 Å². The molecule has 1 aromatic carbocycles. The SMILES string of the molecule is Nc1[nH]ncc1-c1nc(-c2cc(Cl)ccc2Cl)cs1. The number of nitrogens with two attached hydrogens (primary N) is 1. The summed E-state index contributed by atoms with van der Waals surface area (Å²) >= 11 is 13.6. The fraction of sp³-hybridized carbons (Fsp3) is 0. The van der Waals surface area contributed by atoms with Crippen molar-refractivity contribution < 1.29 is 0 Å². The Hall–Kier alpha value is -1.56. The van der Waals surface area contributed by atoms with Gasteiger partial charge < -0.3 is 5.73 Å².